The predicted molar refractivity (Wildman–Crippen MR) is 96.6 cm³/mol. The van der Waals surface area contributed by atoms with Crippen molar-refractivity contribution in [2.45, 2.75) is 6.54 Å². The molecular weight excluding hydrogens is 298 g/mol. The van der Waals surface area contributed by atoms with E-state index in [4.69, 9.17) is 4.84 Å². The summed E-state index contributed by atoms with van der Waals surface area (Å²) in [5.41, 5.74) is 3.05. The number of hydrogen-bond donors (Lipinski definition) is 0. The first-order valence-electron chi connectivity index (χ1n) is 7.83. The molecule has 0 saturated carbocycles. The normalized spacial score (nSPS) is 11.8. The van der Waals surface area contributed by atoms with Crippen LogP contribution in [0.3, 0.4) is 0 Å². The fourth-order valence-corrected chi connectivity index (χ4v) is 2.26. The largest absolute Gasteiger partial charge is 0.391 e. The van der Waals surface area contributed by atoms with Crippen LogP contribution >= 0.6 is 0 Å². The zero-order valence-electron chi connectivity index (χ0n) is 13.3. The number of benzene rings is 2. The van der Waals surface area contributed by atoms with E-state index in [0.29, 0.717) is 13.2 Å². The molecule has 0 spiro atoms. The first-order chi connectivity index (χ1) is 11.9. The molecule has 0 aliphatic carbocycles. The Morgan fingerprint density at radius 2 is 1.79 bits per heavy atom. The molecule has 3 aromatic rings. The number of aromatic nitrogens is 2. The van der Waals surface area contributed by atoms with Gasteiger partial charge in [0.1, 0.15) is 12.3 Å². The predicted octanol–water partition coefficient (Wildman–Crippen LogP) is 4.02. The highest BCUT2D eigenvalue weighted by Crippen LogP contribution is 2.05. The zero-order valence-corrected chi connectivity index (χ0v) is 13.3. The Kier molecular flexibility index (Phi) is 5.56. The van der Waals surface area contributed by atoms with E-state index in [-0.39, 0.29) is 0 Å². The highest BCUT2D eigenvalue weighted by molar-refractivity contribution is 6.00. The molecule has 0 bridgehead atoms. The zero-order chi connectivity index (χ0) is 16.5. The molecule has 4 heteroatoms. The average Bonchev–Trinajstić information content (AvgIpc) is 3.15. The minimum atomic E-state index is 0.426. The third-order valence-electron chi connectivity index (χ3n) is 3.45. The molecule has 0 aliphatic heterocycles. The Bertz CT molecular complexity index is 778. The van der Waals surface area contributed by atoms with Crippen molar-refractivity contribution in [1.82, 2.24) is 9.55 Å². The number of hydrogen-bond acceptors (Lipinski definition) is 3. The first kappa shape index (κ1) is 15.7. The Morgan fingerprint density at radius 3 is 2.50 bits per heavy atom. The topological polar surface area (TPSA) is 39.4 Å². The van der Waals surface area contributed by atoms with Crippen LogP contribution < -0.4 is 0 Å². The van der Waals surface area contributed by atoms with Crippen molar-refractivity contribution in [3.8, 4) is 0 Å². The van der Waals surface area contributed by atoms with Gasteiger partial charge >= 0.3 is 0 Å². The second-order valence-electron chi connectivity index (χ2n) is 5.25. The quantitative estimate of drug-likeness (QED) is 0.375. The summed E-state index contributed by atoms with van der Waals surface area (Å²) in [7, 11) is 0. The number of imidazole rings is 1. The Balaban J connectivity index is 1.64. The van der Waals surface area contributed by atoms with Crippen LogP contribution in [0.1, 0.15) is 11.1 Å². The molecule has 120 valence electrons. The lowest BCUT2D eigenvalue weighted by Crippen LogP contribution is -2.11. The van der Waals surface area contributed by atoms with Crippen LogP contribution in [0.4, 0.5) is 0 Å². The van der Waals surface area contributed by atoms with E-state index in [1.54, 1.807) is 12.5 Å². The maximum atomic E-state index is 5.49. The molecule has 0 amide bonds. The van der Waals surface area contributed by atoms with Gasteiger partial charge in [-0.2, -0.15) is 0 Å². The number of oxime groups is 1. The van der Waals surface area contributed by atoms with E-state index in [1.165, 1.54) is 0 Å². The molecule has 3 rings (SSSR count). The van der Waals surface area contributed by atoms with Gasteiger partial charge in [-0.05, 0) is 11.6 Å². The summed E-state index contributed by atoms with van der Waals surface area (Å²) in [6, 6.07) is 20.2. The van der Waals surface area contributed by atoms with Gasteiger partial charge in [-0.1, -0.05) is 71.9 Å². The molecule has 0 N–H and O–H groups in total. The molecule has 1 aromatic heterocycles. The second-order valence-corrected chi connectivity index (χ2v) is 5.25. The number of rotatable bonds is 7. The van der Waals surface area contributed by atoms with E-state index < -0.39 is 0 Å². The molecule has 0 saturated heterocycles. The highest BCUT2D eigenvalue weighted by Gasteiger charge is 2.05. The first-order valence-corrected chi connectivity index (χ1v) is 7.83. The molecule has 2 aromatic carbocycles. The standard InChI is InChI=1S/C20H19N3O/c1-3-8-18(9-4-1)10-7-15-24-22-20(16-23-14-13-21-17-23)19-11-5-2-6-12-19/h1-14,17H,15-16H2/b10-7+,22-20+. The van der Waals surface area contributed by atoms with E-state index in [1.807, 2.05) is 83.6 Å². The van der Waals surface area contributed by atoms with E-state index in [9.17, 15) is 0 Å². The van der Waals surface area contributed by atoms with Crippen LogP contribution in [0.2, 0.25) is 0 Å². The lowest BCUT2D eigenvalue weighted by Gasteiger charge is -2.07. The molecule has 0 radical (unpaired) electrons. The van der Waals surface area contributed by atoms with Crippen molar-refractivity contribution >= 4 is 11.8 Å². The summed E-state index contributed by atoms with van der Waals surface area (Å²) in [6.07, 6.45) is 9.42. The molecule has 24 heavy (non-hydrogen) atoms. The monoisotopic (exact) mass is 317 g/mol. The van der Waals surface area contributed by atoms with Gasteiger partial charge in [0, 0.05) is 18.0 Å². The lowest BCUT2D eigenvalue weighted by molar-refractivity contribution is 0.174. The minimum absolute atomic E-state index is 0.426. The summed E-state index contributed by atoms with van der Waals surface area (Å²) in [4.78, 5) is 9.56. The lowest BCUT2D eigenvalue weighted by atomic mass is 10.1. The fourth-order valence-electron chi connectivity index (χ4n) is 2.26. The van der Waals surface area contributed by atoms with Gasteiger partial charge in [0.25, 0.3) is 0 Å². The Labute approximate surface area is 141 Å². The van der Waals surface area contributed by atoms with E-state index in [2.05, 4.69) is 10.1 Å². The van der Waals surface area contributed by atoms with Crippen LogP contribution in [-0.2, 0) is 11.4 Å². The third kappa shape index (κ3) is 4.68. The molecule has 1 heterocycles. The summed E-state index contributed by atoms with van der Waals surface area (Å²) in [5.74, 6) is 0. The van der Waals surface area contributed by atoms with Gasteiger partial charge in [-0.15, -0.1) is 0 Å². The number of nitrogens with zero attached hydrogens (tertiary/aromatic N) is 3. The molecule has 0 aliphatic rings. The van der Waals surface area contributed by atoms with Crippen LogP contribution in [-0.4, -0.2) is 21.9 Å². The van der Waals surface area contributed by atoms with Crippen molar-refractivity contribution in [3.05, 3.63) is 96.6 Å². The van der Waals surface area contributed by atoms with Crippen molar-refractivity contribution in [2.75, 3.05) is 6.61 Å². The van der Waals surface area contributed by atoms with Crippen molar-refractivity contribution in [1.29, 1.82) is 0 Å². The average molecular weight is 317 g/mol. The van der Waals surface area contributed by atoms with Crippen molar-refractivity contribution in [2.24, 2.45) is 5.16 Å². The maximum Gasteiger partial charge on any atom is 0.135 e. The van der Waals surface area contributed by atoms with Gasteiger partial charge in [-0.3, -0.25) is 0 Å². The molecule has 0 unspecified atom stereocenters. The minimum Gasteiger partial charge on any atom is -0.391 e. The summed E-state index contributed by atoms with van der Waals surface area (Å²) < 4.78 is 1.97. The van der Waals surface area contributed by atoms with Crippen molar-refractivity contribution < 1.29 is 4.84 Å². The fraction of sp³-hybridized carbons (Fsp3) is 0.100. The summed E-state index contributed by atoms with van der Waals surface area (Å²) in [5, 5.41) is 4.32. The van der Waals surface area contributed by atoms with Crippen LogP contribution in [0.15, 0.2) is 90.6 Å². The van der Waals surface area contributed by atoms with Gasteiger partial charge in [0.05, 0.1) is 12.9 Å². The smallest absolute Gasteiger partial charge is 0.135 e. The van der Waals surface area contributed by atoms with Gasteiger partial charge in [0.15, 0.2) is 0 Å². The molecule has 0 atom stereocenters. The second kappa shape index (κ2) is 8.48. The molecule has 0 fully saturated rings. The maximum absolute atomic E-state index is 5.49. The van der Waals surface area contributed by atoms with Gasteiger partial charge in [0.2, 0.25) is 0 Å². The Hall–Kier alpha value is -3.14. The van der Waals surface area contributed by atoms with Crippen LogP contribution in [0.5, 0.6) is 0 Å². The third-order valence-corrected chi connectivity index (χ3v) is 3.45. The molecule has 4 nitrogen and oxygen atoms in total. The molecular formula is C20H19N3O. The summed E-state index contributed by atoms with van der Waals surface area (Å²) >= 11 is 0. The van der Waals surface area contributed by atoms with Gasteiger partial charge in [-0.25, -0.2) is 4.98 Å². The Morgan fingerprint density at radius 1 is 1.04 bits per heavy atom. The van der Waals surface area contributed by atoms with Crippen LogP contribution in [0.25, 0.3) is 6.08 Å². The summed E-state index contributed by atoms with van der Waals surface area (Å²) in [6.45, 7) is 1.04. The van der Waals surface area contributed by atoms with Gasteiger partial charge < -0.3 is 9.40 Å². The highest BCUT2D eigenvalue weighted by atomic mass is 16.6. The van der Waals surface area contributed by atoms with E-state index >= 15 is 0 Å². The van der Waals surface area contributed by atoms with Crippen LogP contribution in [0, 0.1) is 0 Å². The van der Waals surface area contributed by atoms with E-state index in [0.717, 1.165) is 16.8 Å². The van der Waals surface area contributed by atoms with Crippen molar-refractivity contribution in [3.63, 3.8) is 0 Å². The SMILES string of the molecule is C(=C\c1ccccc1)/CO/N=C(\Cn1ccnc1)c1ccccc1.